The smallest absolute Gasteiger partial charge is 0.307 e. The van der Waals surface area contributed by atoms with Crippen LogP contribution in [-0.2, 0) is 9.53 Å². The van der Waals surface area contributed by atoms with Crippen LogP contribution in [0.5, 0.6) is 0 Å². The zero-order valence-corrected chi connectivity index (χ0v) is 8.93. The fraction of sp³-hybridized carbons (Fsp3) is 0.900. The number of ether oxygens (including phenoxy) is 1. The van der Waals surface area contributed by atoms with Gasteiger partial charge in [-0.3, -0.25) is 4.79 Å². The van der Waals surface area contributed by atoms with Crippen LogP contribution in [0.25, 0.3) is 0 Å². The fourth-order valence-electron chi connectivity index (χ4n) is 1.06. The van der Waals surface area contributed by atoms with Crippen LogP contribution in [0.3, 0.4) is 0 Å². The van der Waals surface area contributed by atoms with Gasteiger partial charge in [0.2, 0.25) is 0 Å². The van der Waals surface area contributed by atoms with E-state index in [0.29, 0.717) is 13.0 Å². The minimum atomic E-state index is -0.0955. The van der Waals surface area contributed by atoms with Gasteiger partial charge in [0.05, 0.1) is 13.0 Å². The molecule has 78 valence electrons. The molecule has 0 aliphatic heterocycles. The first-order valence-electron chi connectivity index (χ1n) is 5.09. The summed E-state index contributed by atoms with van der Waals surface area (Å²) in [5.41, 5.74) is 0. The van der Waals surface area contributed by atoms with Gasteiger partial charge in [-0.1, -0.05) is 20.3 Å². The zero-order valence-electron chi connectivity index (χ0n) is 8.93. The van der Waals surface area contributed by atoms with Crippen LogP contribution in [0.1, 0.15) is 40.0 Å². The van der Waals surface area contributed by atoms with E-state index < -0.39 is 0 Å². The van der Waals surface area contributed by atoms with Gasteiger partial charge in [-0.05, 0) is 19.9 Å². The molecule has 0 aliphatic carbocycles. The summed E-state index contributed by atoms with van der Waals surface area (Å²) < 4.78 is 5.02. The summed E-state index contributed by atoms with van der Waals surface area (Å²) in [6.07, 6.45) is 2.49. The predicted molar refractivity (Wildman–Crippen MR) is 53.6 cm³/mol. The number of nitrogens with one attached hydrogen (secondary N) is 1. The Morgan fingerprint density at radius 2 is 2.15 bits per heavy atom. The molecule has 1 atom stereocenters. The minimum absolute atomic E-state index is 0.0955. The number of esters is 1. The van der Waals surface area contributed by atoms with E-state index in [9.17, 15) is 4.79 Å². The summed E-state index contributed by atoms with van der Waals surface area (Å²) in [7, 11) is 0. The Labute approximate surface area is 80.8 Å². The normalized spacial score (nSPS) is 12.5. The van der Waals surface area contributed by atoms with Crippen molar-refractivity contribution < 1.29 is 9.53 Å². The van der Waals surface area contributed by atoms with Gasteiger partial charge in [0.15, 0.2) is 0 Å². The molecule has 0 saturated heterocycles. The summed E-state index contributed by atoms with van der Waals surface area (Å²) >= 11 is 0. The Morgan fingerprint density at radius 1 is 1.46 bits per heavy atom. The molecule has 0 fully saturated rings. The van der Waals surface area contributed by atoms with Gasteiger partial charge >= 0.3 is 5.97 Å². The first kappa shape index (κ1) is 12.4. The van der Waals surface area contributed by atoms with Gasteiger partial charge in [0.25, 0.3) is 0 Å². The fourth-order valence-corrected chi connectivity index (χ4v) is 1.06. The Morgan fingerprint density at radius 3 is 2.69 bits per heavy atom. The topological polar surface area (TPSA) is 38.3 Å². The summed E-state index contributed by atoms with van der Waals surface area (Å²) in [5, 5.41) is 3.17. The summed E-state index contributed by atoms with van der Waals surface area (Å²) in [6.45, 7) is 7.55. The Bertz CT molecular complexity index is 137. The van der Waals surface area contributed by atoms with Crippen LogP contribution < -0.4 is 5.32 Å². The van der Waals surface area contributed by atoms with E-state index in [4.69, 9.17) is 4.74 Å². The van der Waals surface area contributed by atoms with Gasteiger partial charge in [-0.15, -0.1) is 0 Å². The lowest BCUT2D eigenvalue weighted by Gasteiger charge is -2.11. The highest BCUT2D eigenvalue weighted by atomic mass is 16.5. The molecular formula is C10H21NO2. The third kappa shape index (κ3) is 7.78. The van der Waals surface area contributed by atoms with Crippen LogP contribution in [0.4, 0.5) is 0 Å². The van der Waals surface area contributed by atoms with E-state index in [1.165, 1.54) is 0 Å². The molecule has 0 radical (unpaired) electrons. The van der Waals surface area contributed by atoms with Crippen molar-refractivity contribution in [2.75, 3.05) is 13.2 Å². The molecule has 0 rings (SSSR count). The lowest BCUT2D eigenvalue weighted by Crippen LogP contribution is -2.28. The number of carbonyl (C=O) groups is 1. The summed E-state index contributed by atoms with van der Waals surface area (Å²) in [4.78, 5) is 11.1. The third-order valence-corrected chi connectivity index (χ3v) is 1.79. The molecule has 1 unspecified atom stereocenters. The lowest BCUT2D eigenvalue weighted by atomic mass is 10.2. The van der Waals surface area contributed by atoms with Crippen molar-refractivity contribution in [2.24, 2.45) is 0 Å². The maximum absolute atomic E-state index is 11.1. The molecule has 1 N–H and O–H groups in total. The third-order valence-electron chi connectivity index (χ3n) is 1.79. The molecule has 3 nitrogen and oxygen atoms in total. The van der Waals surface area contributed by atoms with Crippen LogP contribution in [0.15, 0.2) is 0 Å². The highest BCUT2D eigenvalue weighted by Gasteiger charge is 2.07. The number of rotatable bonds is 7. The highest BCUT2D eigenvalue weighted by molar-refractivity contribution is 5.70. The molecule has 0 amide bonds. The van der Waals surface area contributed by atoms with Crippen LogP contribution in [-0.4, -0.2) is 25.2 Å². The second-order valence-electron chi connectivity index (χ2n) is 3.24. The molecule has 0 saturated carbocycles. The van der Waals surface area contributed by atoms with E-state index in [1.54, 1.807) is 0 Å². The Hall–Kier alpha value is -0.570. The molecule has 0 aliphatic rings. The zero-order chi connectivity index (χ0) is 10.1. The van der Waals surface area contributed by atoms with E-state index in [0.717, 1.165) is 19.4 Å². The molecule has 0 spiro atoms. The number of hydrogen-bond acceptors (Lipinski definition) is 3. The summed E-state index contributed by atoms with van der Waals surface area (Å²) in [5.74, 6) is -0.0955. The number of unbranched alkanes of at least 4 members (excludes halogenated alkanes) is 1. The SMILES string of the molecule is CCCCOC(=O)CC(C)NCC. The van der Waals surface area contributed by atoms with Gasteiger partial charge in [-0.25, -0.2) is 0 Å². The average molecular weight is 187 g/mol. The Kier molecular flexibility index (Phi) is 7.69. The first-order valence-corrected chi connectivity index (χ1v) is 5.09. The largest absolute Gasteiger partial charge is 0.466 e. The van der Waals surface area contributed by atoms with Crippen molar-refractivity contribution in [3.8, 4) is 0 Å². The van der Waals surface area contributed by atoms with Crippen LogP contribution in [0.2, 0.25) is 0 Å². The Balaban J connectivity index is 3.38. The minimum Gasteiger partial charge on any atom is -0.466 e. The molecule has 0 heterocycles. The molecule has 13 heavy (non-hydrogen) atoms. The van der Waals surface area contributed by atoms with Gasteiger partial charge < -0.3 is 10.1 Å². The molecular weight excluding hydrogens is 166 g/mol. The lowest BCUT2D eigenvalue weighted by molar-refractivity contribution is -0.144. The standard InChI is InChI=1S/C10H21NO2/c1-4-6-7-13-10(12)8-9(3)11-5-2/h9,11H,4-8H2,1-3H3. The quantitative estimate of drug-likeness (QED) is 0.487. The van der Waals surface area contributed by atoms with E-state index in [2.05, 4.69) is 12.2 Å². The van der Waals surface area contributed by atoms with Crippen LogP contribution >= 0.6 is 0 Å². The van der Waals surface area contributed by atoms with Crippen molar-refractivity contribution in [2.45, 2.75) is 46.1 Å². The second-order valence-corrected chi connectivity index (χ2v) is 3.24. The highest BCUT2D eigenvalue weighted by Crippen LogP contribution is 1.95. The van der Waals surface area contributed by atoms with Crippen molar-refractivity contribution in [3.63, 3.8) is 0 Å². The monoisotopic (exact) mass is 187 g/mol. The first-order chi connectivity index (χ1) is 6.20. The van der Waals surface area contributed by atoms with E-state index in [-0.39, 0.29) is 12.0 Å². The number of hydrogen-bond donors (Lipinski definition) is 1. The maximum Gasteiger partial charge on any atom is 0.307 e. The second kappa shape index (κ2) is 8.05. The van der Waals surface area contributed by atoms with Gasteiger partial charge in [0.1, 0.15) is 0 Å². The molecule has 0 aromatic heterocycles. The molecule has 3 heteroatoms. The molecule has 0 aromatic carbocycles. The molecule has 0 bridgehead atoms. The van der Waals surface area contributed by atoms with E-state index in [1.807, 2.05) is 13.8 Å². The van der Waals surface area contributed by atoms with Gasteiger partial charge in [-0.2, -0.15) is 0 Å². The van der Waals surface area contributed by atoms with Crippen molar-refractivity contribution in [3.05, 3.63) is 0 Å². The van der Waals surface area contributed by atoms with Crippen LogP contribution in [0, 0.1) is 0 Å². The maximum atomic E-state index is 11.1. The number of carbonyl (C=O) groups excluding carboxylic acids is 1. The van der Waals surface area contributed by atoms with Crippen molar-refractivity contribution in [1.82, 2.24) is 5.32 Å². The van der Waals surface area contributed by atoms with Crippen molar-refractivity contribution in [1.29, 1.82) is 0 Å². The predicted octanol–water partition coefficient (Wildman–Crippen LogP) is 1.72. The molecule has 0 aromatic rings. The summed E-state index contributed by atoms with van der Waals surface area (Å²) in [6, 6.07) is 0.221. The van der Waals surface area contributed by atoms with E-state index >= 15 is 0 Å². The average Bonchev–Trinajstić information content (AvgIpc) is 2.05. The van der Waals surface area contributed by atoms with Gasteiger partial charge in [0, 0.05) is 6.04 Å². The van der Waals surface area contributed by atoms with Crippen molar-refractivity contribution >= 4 is 5.97 Å².